The monoisotopic (exact) mass is 351 g/mol. The standard InChI is InChI=1S/C19H21N5O2/c1-13(2)15-8-7-14(3)18(9-15)26-11-19(25)21-16-5-4-6-17(10-16)24-12-20-22-23-24/h4-10,12-13H,11H2,1-3H3,(H,21,25). The largest absolute Gasteiger partial charge is 0.483 e. The van der Waals surface area contributed by atoms with Crippen LogP contribution in [0.25, 0.3) is 5.69 Å². The maximum Gasteiger partial charge on any atom is 0.262 e. The van der Waals surface area contributed by atoms with Crippen LogP contribution in [0.1, 0.15) is 30.9 Å². The number of nitrogens with zero attached hydrogens (tertiary/aromatic N) is 4. The van der Waals surface area contributed by atoms with Crippen LogP contribution in [-0.2, 0) is 4.79 Å². The number of carbonyl (C=O) groups is 1. The van der Waals surface area contributed by atoms with Crippen LogP contribution in [0.2, 0.25) is 0 Å². The van der Waals surface area contributed by atoms with Gasteiger partial charge in [0.15, 0.2) is 6.61 Å². The number of amides is 1. The summed E-state index contributed by atoms with van der Waals surface area (Å²) in [6, 6.07) is 13.4. The average Bonchev–Trinajstić information content (AvgIpc) is 3.16. The molecule has 0 fully saturated rings. The van der Waals surface area contributed by atoms with Crippen molar-refractivity contribution >= 4 is 11.6 Å². The van der Waals surface area contributed by atoms with E-state index in [-0.39, 0.29) is 12.5 Å². The number of nitrogens with one attached hydrogen (secondary N) is 1. The van der Waals surface area contributed by atoms with Gasteiger partial charge in [0, 0.05) is 5.69 Å². The molecular formula is C19H21N5O2. The molecule has 0 aliphatic carbocycles. The molecule has 0 saturated carbocycles. The van der Waals surface area contributed by atoms with Gasteiger partial charge in [-0.3, -0.25) is 4.79 Å². The normalized spacial score (nSPS) is 10.8. The van der Waals surface area contributed by atoms with Crippen molar-refractivity contribution in [2.24, 2.45) is 0 Å². The van der Waals surface area contributed by atoms with Crippen molar-refractivity contribution in [1.29, 1.82) is 0 Å². The minimum Gasteiger partial charge on any atom is -0.483 e. The highest BCUT2D eigenvalue weighted by Gasteiger charge is 2.09. The van der Waals surface area contributed by atoms with Crippen LogP contribution < -0.4 is 10.1 Å². The molecule has 7 nitrogen and oxygen atoms in total. The first-order valence-electron chi connectivity index (χ1n) is 8.39. The summed E-state index contributed by atoms with van der Waals surface area (Å²) in [6.07, 6.45) is 1.49. The predicted molar refractivity (Wildman–Crippen MR) is 98.5 cm³/mol. The Morgan fingerprint density at radius 3 is 2.81 bits per heavy atom. The number of rotatable bonds is 6. The number of aromatic nitrogens is 4. The SMILES string of the molecule is Cc1ccc(C(C)C)cc1OCC(=O)Nc1cccc(-n2cnnn2)c1. The molecule has 0 unspecified atom stereocenters. The van der Waals surface area contributed by atoms with E-state index in [1.165, 1.54) is 16.6 Å². The molecule has 1 amide bonds. The average molecular weight is 351 g/mol. The van der Waals surface area contributed by atoms with Gasteiger partial charge in [-0.2, -0.15) is 0 Å². The summed E-state index contributed by atoms with van der Waals surface area (Å²) in [5.41, 5.74) is 3.59. The molecule has 2 aromatic carbocycles. The van der Waals surface area contributed by atoms with E-state index in [0.29, 0.717) is 11.6 Å². The van der Waals surface area contributed by atoms with Crippen molar-refractivity contribution in [2.45, 2.75) is 26.7 Å². The summed E-state index contributed by atoms with van der Waals surface area (Å²) >= 11 is 0. The van der Waals surface area contributed by atoms with Crippen molar-refractivity contribution in [3.63, 3.8) is 0 Å². The number of aryl methyl sites for hydroxylation is 1. The highest BCUT2D eigenvalue weighted by molar-refractivity contribution is 5.92. The van der Waals surface area contributed by atoms with E-state index >= 15 is 0 Å². The van der Waals surface area contributed by atoms with Crippen molar-refractivity contribution in [3.05, 3.63) is 59.9 Å². The van der Waals surface area contributed by atoms with E-state index in [4.69, 9.17) is 4.74 Å². The molecule has 134 valence electrons. The maximum atomic E-state index is 12.2. The van der Waals surface area contributed by atoms with Crippen LogP contribution >= 0.6 is 0 Å². The lowest BCUT2D eigenvalue weighted by Crippen LogP contribution is -2.20. The number of tetrazole rings is 1. The minimum absolute atomic E-state index is 0.0580. The van der Waals surface area contributed by atoms with E-state index in [9.17, 15) is 4.79 Å². The Hall–Kier alpha value is -3.22. The van der Waals surface area contributed by atoms with Crippen LogP contribution in [0.3, 0.4) is 0 Å². The van der Waals surface area contributed by atoms with E-state index in [1.54, 1.807) is 12.1 Å². The predicted octanol–water partition coefficient (Wildman–Crippen LogP) is 3.11. The zero-order valence-corrected chi connectivity index (χ0v) is 15.0. The first-order valence-corrected chi connectivity index (χ1v) is 8.39. The Labute approximate surface area is 152 Å². The number of benzene rings is 2. The summed E-state index contributed by atoms with van der Waals surface area (Å²) in [5, 5.41) is 13.9. The third-order valence-corrected chi connectivity index (χ3v) is 3.98. The molecule has 0 aliphatic heterocycles. The lowest BCUT2D eigenvalue weighted by molar-refractivity contribution is -0.118. The second-order valence-corrected chi connectivity index (χ2v) is 6.32. The summed E-state index contributed by atoms with van der Waals surface area (Å²) in [4.78, 5) is 12.2. The van der Waals surface area contributed by atoms with Gasteiger partial charge in [-0.25, -0.2) is 4.68 Å². The molecule has 1 aromatic heterocycles. The quantitative estimate of drug-likeness (QED) is 0.738. The number of hydrogen-bond acceptors (Lipinski definition) is 5. The third-order valence-electron chi connectivity index (χ3n) is 3.98. The summed E-state index contributed by atoms with van der Waals surface area (Å²) < 4.78 is 7.24. The van der Waals surface area contributed by atoms with E-state index < -0.39 is 0 Å². The number of ether oxygens (including phenoxy) is 1. The molecule has 1 heterocycles. The molecule has 3 aromatic rings. The van der Waals surface area contributed by atoms with Gasteiger partial charge in [0.2, 0.25) is 0 Å². The molecule has 1 N–H and O–H groups in total. The van der Waals surface area contributed by atoms with Gasteiger partial charge in [-0.1, -0.05) is 32.0 Å². The van der Waals surface area contributed by atoms with Crippen molar-refractivity contribution in [3.8, 4) is 11.4 Å². The molecule has 0 bridgehead atoms. The molecule has 0 radical (unpaired) electrons. The Bertz CT molecular complexity index is 891. The summed E-state index contributed by atoms with van der Waals surface area (Å²) in [7, 11) is 0. The van der Waals surface area contributed by atoms with E-state index in [0.717, 1.165) is 17.0 Å². The number of hydrogen-bond donors (Lipinski definition) is 1. The van der Waals surface area contributed by atoms with Crippen LogP contribution in [0.15, 0.2) is 48.8 Å². The molecule has 26 heavy (non-hydrogen) atoms. The maximum absolute atomic E-state index is 12.2. The van der Waals surface area contributed by atoms with E-state index in [1.807, 2.05) is 31.2 Å². The van der Waals surface area contributed by atoms with Crippen molar-refractivity contribution < 1.29 is 9.53 Å². The minimum atomic E-state index is -0.229. The zero-order valence-electron chi connectivity index (χ0n) is 15.0. The lowest BCUT2D eigenvalue weighted by atomic mass is 10.0. The third kappa shape index (κ3) is 4.24. The van der Waals surface area contributed by atoms with Gasteiger partial charge in [-0.05, 0) is 58.7 Å². The first kappa shape index (κ1) is 17.6. The first-order chi connectivity index (χ1) is 12.5. The Balaban J connectivity index is 1.63. The van der Waals surface area contributed by atoms with Gasteiger partial charge >= 0.3 is 0 Å². The second-order valence-electron chi connectivity index (χ2n) is 6.32. The summed E-state index contributed by atoms with van der Waals surface area (Å²) in [5.74, 6) is 0.905. The number of anilines is 1. The molecule has 3 rings (SSSR count). The molecular weight excluding hydrogens is 330 g/mol. The van der Waals surface area contributed by atoms with Gasteiger partial charge in [0.25, 0.3) is 5.91 Å². The van der Waals surface area contributed by atoms with Gasteiger partial charge in [-0.15, -0.1) is 5.10 Å². The summed E-state index contributed by atoms with van der Waals surface area (Å²) in [6.45, 7) is 6.15. The number of carbonyl (C=O) groups excluding carboxylic acids is 1. The van der Waals surface area contributed by atoms with Gasteiger partial charge in [0.1, 0.15) is 12.1 Å². The Kier molecular flexibility index (Phi) is 5.26. The fourth-order valence-corrected chi connectivity index (χ4v) is 2.48. The van der Waals surface area contributed by atoms with Crippen molar-refractivity contribution in [2.75, 3.05) is 11.9 Å². The highest BCUT2D eigenvalue weighted by atomic mass is 16.5. The Morgan fingerprint density at radius 2 is 2.08 bits per heavy atom. The topological polar surface area (TPSA) is 81.9 Å². The van der Waals surface area contributed by atoms with E-state index in [2.05, 4.69) is 40.8 Å². The molecule has 7 heteroatoms. The fraction of sp³-hybridized carbons (Fsp3) is 0.263. The van der Waals surface area contributed by atoms with Crippen LogP contribution in [0, 0.1) is 6.92 Å². The smallest absolute Gasteiger partial charge is 0.262 e. The van der Waals surface area contributed by atoms with Crippen molar-refractivity contribution in [1.82, 2.24) is 20.2 Å². The molecule has 0 atom stereocenters. The van der Waals surface area contributed by atoms with Gasteiger partial charge < -0.3 is 10.1 Å². The second kappa shape index (κ2) is 7.77. The van der Waals surface area contributed by atoms with Gasteiger partial charge in [0.05, 0.1) is 5.69 Å². The Morgan fingerprint density at radius 1 is 1.23 bits per heavy atom. The van der Waals surface area contributed by atoms with Crippen LogP contribution in [0.4, 0.5) is 5.69 Å². The molecule has 0 saturated heterocycles. The fourth-order valence-electron chi connectivity index (χ4n) is 2.48. The highest BCUT2D eigenvalue weighted by Crippen LogP contribution is 2.24. The molecule has 0 spiro atoms. The lowest BCUT2D eigenvalue weighted by Gasteiger charge is -2.13. The van der Waals surface area contributed by atoms with Crippen LogP contribution in [0.5, 0.6) is 5.75 Å². The molecule has 0 aliphatic rings. The zero-order chi connectivity index (χ0) is 18.5. The van der Waals surface area contributed by atoms with Crippen LogP contribution in [-0.4, -0.2) is 32.7 Å².